The van der Waals surface area contributed by atoms with Crippen molar-refractivity contribution in [3.05, 3.63) is 212 Å². The summed E-state index contributed by atoms with van der Waals surface area (Å²) in [7, 11) is 0. The van der Waals surface area contributed by atoms with E-state index in [4.69, 9.17) is 15.0 Å². The molecule has 0 fully saturated rings. The van der Waals surface area contributed by atoms with E-state index in [1.807, 2.05) is 0 Å². The lowest BCUT2D eigenvalue weighted by atomic mass is 9.84. The van der Waals surface area contributed by atoms with Crippen LogP contribution in [0, 0.1) is 0 Å². The first-order valence-electron chi connectivity index (χ1n) is 19.7. The lowest BCUT2D eigenvalue weighted by Crippen LogP contribution is -2.01. The van der Waals surface area contributed by atoms with Crippen molar-refractivity contribution in [1.82, 2.24) is 15.0 Å². The quantitative estimate of drug-likeness (QED) is 0.160. The molecule has 0 saturated carbocycles. The first-order valence-corrected chi connectivity index (χ1v) is 19.7. The molecule has 11 aromatic rings. The maximum atomic E-state index is 5.19. The first-order chi connectivity index (χ1) is 28.8. The summed E-state index contributed by atoms with van der Waals surface area (Å²) in [6.45, 7) is 0. The van der Waals surface area contributed by atoms with E-state index in [2.05, 4.69) is 212 Å². The molecule has 0 amide bonds. The summed E-state index contributed by atoms with van der Waals surface area (Å²) >= 11 is 0. The Balaban J connectivity index is 1.09. The van der Waals surface area contributed by atoms with Crippen LogP contribution in [0.5, 0.6) is 0 Å². The Morgan fingerprint density at radius 1 is 0.207 bits per heavy atom. The third-order valence-corrected chi connectivity index (χ3v) is 11.3. The average Bonchev–Trinajstić information content (AvgIpc) is 3.30. The molecule has 0 unspecified atom stereocenters. The molecular formula is C55H35N3. The fourth-order valence-electron chi connectivity index (χ4n) is 8.67. The molecule has 10 aromatic carbocycles. The van der Waals surface area contributed by atoms with Crippen LogP contribution >= 0.6 is 0 Å². The van der Waals surface area contributed by atoms with Crippen LogP contribution in [0.3, 0.4) is 0 Å². The smallest absolute Gasteiger partial charge is 0.164 e. The van der Waals surface area contributed by atoms with Gasteiger partial charge in [0.15, 0.2) is 17.5 Å². The molecule has 0 spiro atoms. The Morgan fingerprint density at radius 2 is 0.586 bits per heavy atom. The molecule has 0 atom stereocenters. The van der Waals surface area contributed by atoms with Crippen molar-refractivity contribution in [3.8, 4) is 67.5 Å². The maximum absolute atomic E-state index is 5.19. The summed E-state index contributed by atoms with van der Waals surface area (Å²) in [6, 6.07) is 75.4. The number of rotatable bonds is 6. The Morgan fingerprint density at radius 3 is 1.14 bits per heavy atom. The zero-order valence-electron chi connectivity index (χ0n) is 31.5. The largest absolute Gasteiger partial charge is 0.208 e. The van der Waals surface area contributed by atoms with Crippen LogP contribution in [0.4, 0.5) is 0 Å². The van der Waals surface area contributed by atoms with E-state index in [1.54, 1.807) is 0 Å². The number of hydrogen-bond acceptors (Lipinski definition) is 3. The summed E-state index contributed by atoms with van der Waals surface area (Å²) in [5.74, 6) is 1.93. The second-order valence-corrected chi connectivity index (χ2v) is 14.7. The zero-order chi connectivity index (χ0) is 38.4. The van der Waals surface area contributed by atoms with Gasteiger partial charge in [0.1, 0.15) is 0 Å². The van der Waals surface area contributed by atoms with Crippen molar-refractivity contribution in [1.29, 1.82) is 0 Å². The molecule has 3 heteroatoms. The number of aromatic nitrogens is 3. The van der Waals surface area contributed by atoms with Crippen molar-refractivity contribution in [3.63, 3.8) is 0 Å². The second-order valence-electron chi connectivity index (χ2n) is 14.7. The highest BCUT2D eigenvalue weighted by atomic mass is 15.0. The third kappa shape index (κ3) is 5.72. The second kappa shape index (κ2) is 14.1. The molecule has 270 valence electrons. The predicted octanol–water partition coefficient (Wildman–Crippen LogP) is 14.5. The predicted molar refractivity (Wildman–Crippen MR) is 242 cm³/mol. The van der Waals surface area contributed by atoms with Gasteiger partial charge in [-0.3, -0.25) is 0 Å². The fourth-order valence-corrected chi connectivity index (χ4v) is 8.67. The molecule has 0 aliphatic rings. The van der Waals surface area contributed by atoms with E-state index >= 15 is 0 Å². The Labute approximate surface area is 336 Å². The van der Waals surface area contributed by atoms with Crippen LogP contribution < -0.4 is 0 Å². The molecule has 0 aliphatic heterocycles. The van der Waals surface area contributed by atoms with E-state index in [0.717, 1.165) is 43.8 Å². The highest BCUT2D eigenvalue weighted by Gasteiger charge is 2.20. The van der Waals surface area contributed by atoms with Crippen LogP contribution in [0.2, 0.25) is 0 Å². The average molecular weight is 738 g/mol. The number of fused-ring (bicyclic) bond motifs is 4. The normalized spacial score (nSPS) is 11.4. The summed E-state index contributed by atoms with van der Waals surface area (Å²) in [5, 5.41) is 9.37. The van der Waals surface area contributed by atoms with Gasteiger partial charge in [-0.2, -0.15) is 0 Å². The SMILES string of the molecule is c1ccc(-c2ccccc2-c2c3ccccc3c(-c3ccc(-c4nc(-c5cccc6ccccc56)nc(-c5cccc6ccccc56)n4)cc3)c3ccccc23)cc1. The molecule has 11 rings (SSSR count). The Hall–Kier alpha value is -7.75. The molecule has 0 aliphatic carbocycles. The highest BCUT2D eigenvalue weighted by molar-refractivity contribution is 6.22. The summed E-state index contributed by atoms with van der Waals surface area (Å²) in [4.78, 5) is 15.5. The summed E-state index contributed by atoms with van der Waals surface area (Å²) in [6.07, 6.45) is 0. The van der Waals surface area contributed by atoms with Crippen LogP contribution in [-0.2, 0) is 0 Å². The number of nitrogens with zero attached hydrogens (tertiary/aromatic N) is 3. The van der Waals surface area contributed by atoms with Gasteiger partial charge in [0, 0.05) is 16.7 Å². The first kappa shape index (κ1) is 33.6. The summed E-state index contributed by atoms with van der Waals surface area (Å²) < 4.78 is 0. The van der Waals surface area contributed by atoms with Crippen molar-refractivity contribution in [2.24, 2.45) is 0 Å². The topological polar surface area (TPSA) is 38.7 Å². The molecule has 58 heavy (non-hydrogen) atoms. The number of benzene rings is 10. The number of hydrogen-bond donors (Lipinski definition) is 0. The van der Waals surface area contributed by atoms with Gasteiger partial charge in [0.2, 0.25) is 0 Å². The van der Waals surface area contributed by atoms with Gasteiger partial charge < -0.3 is 0 Å². The minimum atomic E-state index is 0.634. The van der Waals surface area contributed by atoms with Gasteiger partial charge in [-0.15, -0.1) is 0 Å². The molecule has 3 nitrogen and oxygen atoms in total. The lowest BCUT2D eigenvalue weighted by molar-refractivity contribution is 1.08. The van der Waals surface area contributed by atoms with Gasteiger partial charge >= 0.3 is 0 Å². The van der Waals surface area contributed by atoms with Gasteiger partial charge in [0.25, 0.3) is 0 Å². The highest BCUT2D eigenvalue weighted by Crippen LogP contribution is 2.46. The standard InChI is InChI=1S/C55H35N3/c1-2-16-36(17-3-1)41-22-8-9-25-44(41)52-47-28-12-10-26-45(47)51(46-27-11-13-29-48(46)52)39-32-34-40(35-33-39)53-56-54(49-30-14-20-37-18-4-6-23-42(37)49)58-55(57-53)50-31-15-21-38-19-5-7-24-43(38)50/h1-35H. The van der Waals surface area contributed by atoms with E-state index in [1.165, 1.54) is 49.4 Å². The van der Waals surface area contributed by atoms with Gasteiger partial charge in [-0.25, -0.2) is 15.0 Å². The van der Waals surface area contributed by atoms with Crippen LogP contribution in [0.15, 0.2) is 212 Å². The van der Waals surface area contributed by atoms with Crippen LogP contribution in [-0.4, -0.2) is 15.0 Å². The van der Waals surface area contributed by atoms with E-state index in [0.29, 0.717) is 17.5 Å². The molecule has 0 bridgehead atoms. The van der Waals surface area contributed by atoms with Gasteiger partial charge in [-0.05, 0) is 76.5 Å². The van der Waals surface area contributed by atoms with Crippen LogP contribution in [0.1, 0.15) is 0 Å². The minimum absolute atomic E-state index is 0.634. The third-order valence-electron chi connectivity index (χ3n) is 11.3. The molecule has 0 radical (unpaired) electrons. The molecular weight excluding hydrogens is 703 g/mol. The monoisotopic (exact) mass is 737 g/mol. The molecule has 1 heterocycles. The van der Waals surface area contributed by atoms with Crippen LogP contribution in [0.25, 0.3) is 111 Å². The summed E-state index contributed by atoms with van der Waals surface area (Å²) in [5.41, 5.74) is 10.1. The maximum Gasteiger partial charge on any atom is 0.164 e. The molecule has 0 N–H and O–H groups in total. The lowest BCUT2D eigenvalue weighted by Gasteiger charge is -2.19. The van der Waals surface area contributed by atoms with E-state index in [9.17, 15) is 0 Å². The zero-order valence-corrected chi connectivity index (χ0v) is 31.5. The molecule has 1 aromatic heterocycles. The van der Waals surface area contributed by atoms with Crippen molar-refractivity contribution < 1.29 is 0 Å². The Kier molecular flexibility index (Phi) is 8.15. The van der Waals surface area contributed by atoms with Gasteiger partial charge in [-0.1, -0.05) is 212 Å². The molecule has 0 saturated heterocycles. The van der Waals surface area contributed by atoms with Crippen molar-refractivity contribution in [2.75, 3.05) is 0 Å². The van der Waals surface area contributed by atoms with E-state index in [-0.39, 0.29) is 0 Å². The fraction of sp³-hybridized carbons (Fsp3) is 0. The minimum Gasteiger partial charge on any atom is -0.208 e. The van der Waals surface area contributed by atoms with Gasteiger partial charge in [0.05, 0.1) is 0 Å². The van der Waals surface area contributed by atoms with Crippen molar-refractivity contribution in [2.45, 2.75) is 0 Å². The Bertz CT molecular complexity index is 3170. The van der Waals surface area contributed by atoms with Crippen molar-refractivity contribution >= 4 is 43.1 Å². The van der Waals surface area contributed by atoms with E-state index < -0.39 is 0 Å².